The van der Waals surface area contributed by atoms with Crippen molar-refractivity contribution in [2.75, 3.05) is 13.2 Å². The van der Waals surface area contributed by atoms with Crippen molar-refractivity contribution in [3.05, 3.63) is 0 Å². The zero-order chi connectivity index (χ0) is 11.6. The molecule has 2 nitrogen and oxygen atoms in total. The van der Waals surface area contributed by atoms with E-state index in [4.69, 9.17) is 9.47 Å². The number of rotatable bonds is 2. The van der Waals surface area contributed by atoms with Gasteiger partial charge in [0.05, 0.1) is 5.73 Å². The summed E-state index contributed by atoms with van der Waals surface area (Å²) in [6.45, 7) is 6.98. The Kier molecular flexibility index (Phi) is 5.44. The minimum atomic E-state index is -1.41. The molecule has 0 aromatic heterocycles. The van der Waals surface area contributed by atoms with Crippen molar-refractivity contribution >= 4 is 18.3 Å². The maximum atomic E-state index is 6.23. The summed E-state index contributed by atoms with van der Waals surface area (Å²) in [6, 6.07) is 0. The molecule has 4 heteroatoms. The summed E-state index contributed by atoms with van der Waals surface area (Å²) in [5, 5.41) is 0. The van der Waals surface area contributed by atoms with Crippen LogP contribution in [-0.2, 0) is 9.47 Å². The standard InChI is InChI=1S/C12H26O2Si2.CH4/c1-16(2,11-7-3-5-9-13-11)12(15)8-4-6-10-14-12;/h11H,3-10H2,1-2,15H3;1H4. The molecule has 2 saturated heterocycles. The van der Waals surface area contributed by atoms with Gasteiger partial charge in [0, 0.05) is 28.3 Å². The van der Waals surface area contributed by atoms with E-state index in [1.807, 2.05) is 0 Å². The fourth-order valence-corrected chi connectivity index (χ4v) is 8.05. The summed E-state index contributed by atoms with van der Waals surface area (Å²) in [6.07, 6.45) is 7.84. The van der Waals surface area contributed by atoms with Crippen LogP contribution in [0.2, 0.25) is 13.1 Å². The Hall–Kier alpha value is 0.354. The Morgan fingerprint density at radius 3 is 2.35 bits per heavy atom. The molecule has 0 bridgehead atoms. The second-order valence-corrected chi connectivity index (χ2v) is 13.9. The minimum absolute atomic E-state index is 0. The van der Waals surface area contributed by atoms with Gasteiger partial charge in [-0.2, -0.15) is 0 Å². The summed E-state index contributed by atoms with van der Waals surface area (Å²) in [5.41, 5.74) is 0.553. The van der Waals surface area contributed by atoms with Gasteiger partial charge in [0.25, 0.3) is 0 Å². The Morgan fingerprint density at radius 1 is 1.12 bits per heavy atom. The lowest BCUT2D eigenvalue weighted by atomic mass is 10.2. The summed E-state index contributed by atoms with van der Waals surface area (Å²) in [7, 11) is -0.227. The Balaban J connectivity index is 0.00000144. The SMILES string of the molecule is C.C[Si](C)(C1CCCCO1)C1([SiH3])CCCCO1. The van der Waals surface area contributed by atoms with Crippen LogP contribution in [0.15, 0.2) is 0 Å². The molecule has 0 aromatic carbocycles. The number of ether oxygens (including phenoxy) is 2. The highest BCUT2D eigenvalue weighted by molar-refractivity contribution is 6.86. The van der Waals surface area contributed by atoms with Crippen LogP contribution in [0, 0.1) is 0 Å². The molecular formula is C13H30O2Si2. The van der Waals surface area contributed by atoms with Crippen molar-refractivity contribution in [3.8, 4) is 0 Å². The predicted molar refractivity (Wildman–Crippen MR) is 80.3 cm³/mol. The van der Waals surface area contributed by atoms with Crippen molar-refractivity contribution in [1.82, 2.24) is 0 Å². The van der Waals surface area contributed by atoms with Gasteiger partial charge in [-0.1, -0.05) is 20.5 Å². The third-order valence-electron chi connectivity index (χ3n) is 4.82. The van der Waals surface area contributed by atoms with E-state index in [1.165, 1.54) is 48.8 Å². The Bertz CT molecular complexity index is 232. The highest BCUT2D eigenvalue weighted by Gasteiger charge is 2.50. The van der Waals surface area contributed by atoms with Crippen LogP contribution in [0.5, 0.6) is 0 Å². The molecular weight excluding hydrogens is 244 g/mol. The molecule has 2 aliphatic heterocycles. The first kappa shape index (κ1) is 15.4. The van der Waals surface area contributed by atoms with Crippen molar-refractivity contribution < 1.29 is 9.47 Å². The number of hydrogen-bond donors (Lipinski definition) is 0. The van der Waals surface area contributed by atoms with Crippen molar-refractivity contribution in [2.24, 2.45) is 0 Å². The molecule has 17 heavy (non-hydrogen) atoms. The van der Waals surface area contributed by atoms with Gasteiger partial charge >= 0.3 is 0 Å². The molecule has 2 atom stereocenters. The highest BCUT2D eigenvalue weighted by Crippen LogP contribution is 2.36. The monoisotopic (exact) mass is 274 g/mol. The van der Waals surface area contributed by atoms with Gasteiger partial charge in [-0.05, 0) is 38.5 Å². The van der Waals surface area contributed by atoms with Crippen LogP contribution in [0.1, 0.15) is 46.0 Å². The number of hydrogen-bond acceptors (Lipinski definition) is 2. The van der Waals surface area contributed by atoms with E-state index >= 15 is 0 Å². The molecule has 0 saturated carbocycles. The lowest BCUT2D eigenvalue weighted by Gasteiger charge is -2.49. The molecule has 0 spiro atoms. The van der Waals surface area contributed by atoms with Crippen LogP contribution >= 0.6 is 0 Å². The van der Waals surface area contributed by atoms with Crippen LogP contribution in [0.3, 0.4) is 0 Å². The smallest absolute Gasteiger partial charge is 0.113 e. The maximum Gasteiger partial charge on any atom is 0.113 e. The minimum Gasteiger partial charge on any atom is -0.383 e. The largest absolute Gasteiger partial charge is 0.383 e. The van der Waals surface area contributed by atoms with Gasteiger partial charge in [0.15, 0.2) is 0 Å². The quantitative estimate of drug-likeness (QED) is 0.719. The van der Waals surface area contributed by atoms with Crippen molar-refractivity contribution in [1.29, 1.82) is 0 Å². The van der Waals surface area contributed by atoms with Crippen LogP contribution in [0.25, 0.3) is 0 Å². The first-order valence-electron chi connectivity index (χ1n) is 6.82. The molecule has 2 fully saturated rings. The first-order chi connectivity index (χ1) is 7.56. The Morgan fingerprint density at radius 2 is 1.82 bits per heavy atom. The van der Waals surface area contributed by atoms with E-state index in [1.54, 1.807) is 0 Å². The van der Waals surface area contributed by atoms with Gasteiger partial charge in [-0.15, -0.1) is 0 Å². The molecule has 2 aliphatic rings. The molecule has 2 unspecified atom stereocenters. The average Bonchev–Trinajstić information content (AvgIpc) is 2.31. The Labute approximate surface area is 111 Å². The molecule has 0 N–H and O–H groups in total. The molecule has 0 amide bonds. The van der Waals surface area contributed by atoms with E-state index in [-0.39, 0.29) is 12.3 Å². The highest BCUT2D eigenvalue weighted by atomic mass is 28.4. The van der Waals surface area contributed by atoms with Crippen LogP contribution in [-0.4, -0.2) is 42.1 Å². The van der Waals surface area contributed by atoms with Gasteiger partial charge in [0.2, 0.25) is 0 Å². The zero-order valence-corrected chi connectivity index (χ0v) is 14.1. The molecule has 2 rings (SSSR count). The van der Waals surface area contributed by atoms with Crippen LogP contribution in [0.4, 0.5) is 0 Å². The lowest BCUT2D eigenvalue weighted by molar-refractivity contribution is 0.00922. The second kappa shape index (κ2) is 6.00. The van der Waals surface area contributed by atoms with E-state index in [9.17, 15) is 0 Å². The third-order valence-corrected chi connectivity index (χ3v) is 14.7. The lowest BCUT2D eigenvalue weighted by Crippen LogP contribution is -2.65. The summed E-state index contributed by atoms with van der Waals surface area (Å²) >= 11 is 0. The fraction of sp³-hybridized carbons (Fsp3) is 1.00. The topological polar surface area (TPSA) is 18.5 Å². The van der Waals surface area contributed by atoms with Gasteiger partial charge in [0.1, 0.15) is 8.07 Å². The third kappa shape index (κ3) is 3.03. The molecule has 0 aliphatic carbocycles. The summed E-state index contributed by atoms with van der Waals surface area (Å²) < 4.78 is 12.3. The van der Waals surface area contributed by atoms with Crippen molar-refractivity contribution in [3.63, 3.8) is 0 Å². The average molecular weight is 275 g/mol. The second-order valence-electron chi connectivity index (χ2n) is 6.11. The summed E-state index contributed by atoms with van der Waals surface area (Å²) in [4.78, 5) is 0.285. The van der Waals surface area contributed by atoms with Crippen molar-refractivity contribution in [2.45, 2.75) is 69.6 Å². The van der Waals surface area contributed by atoms with E-state index in [2.05, 4.69) is 13.1 Å². The van der Waals surface area contributed by atoms with Crippen LogP contribution < -0.4 is 0 Å². The first-order valence-corrected chi connectivity index (χ1v) is 10.9. The van der Waals surface area contributed by atoms with Gasteiger partial charge in [-0.3, -0.25) is 0 Å². The maximum absolute atomic E-state index is 6.23. The van der Waals surface area contributed by atoms with E-state index < -0.39 is 8.07 Å². The molecule has 0 radical (unpaired) electrons. The van der Waals surface area contributed by atoms with Gasteiger partial charge in [-0.25, -0.2) is 0 Å². The van der Waals surface area contributed by atoms with E-state index in [0.717, 1.165) is 13.2 Å². The fourth-order valence-electron chi connectivity index (χ4n) is 3.09. The van der Waals surface area contributed by atoms with E-state index in [0.29, 0.717) is 5.73 Å². The molecule has 102 valence electrons. The zero-order valence-electron chi connectivity index (χ0n) is 11.1. The summed E-state index contributed by atoms with van der Waals surface area (Å²) in [5.74, 6) is 0. The molecule has 0 aromatic rings. The normalized spacial score (nSPS) is 35.3. The predicted octanol–water partition coefficient (Wildman–Crippen LogP) is 2.24. The molecule has 2 heterocycles. The van der Waals surface area contributed by atoms with Gasteiger partial charge < -0.3 is 9.47 Å².